The monoisotopic (exact) mass is 269 g/mol. The average Bonchev–Trinajstić information content (AvgIpc) is 2.17. The minimum Gasteiger partial charge on any atom is -0.347 e. The molecule has 1 amide bonds. The molecule has 0 unspecified atom stereocenters. The van der Waals surface area contributed by atoms with E-state index in [1.54, 1.807) is 0 Å². The van der Waals surface area contributed by atoms with E-state index in [2.05, 4.69) is 28.2 Å². The van der Waals surface area contributed by atoms with E-state index >= 15 is 0 Å². The topological polar surface area (TPSA) is 29.1 Å². The number of carbonyl (C=O) groups is 1. The molecular formula is C12H16BrNO. The molecule has 15 heavy (non-hydrogen) atoms. The van der Waals surface area contributed by atoms with E-state index in [1.165, 1.54) is 0 Å². The second-order valence-electron chi connectivity index (χ2n) is 4.17. The Morgan fingerprint density at radius 1 is 1.40 bits per heavy atom. The zero-order valence-corrected chi connectivity index (χ0v) is 10.9. The van der Waals surface area contributed by atoms with Gasteiger partial charge in [-0.1, -0.05) is 19.1 Å². The molecule has 0 radical (unpaired) electrons. The number of nitrogens with one attached hydrogen (secondary N) is 1. The first-order chi connectivity index (χ1) is 6.96. The molecule has 0 saturated carbocycles. The fourth-order valence-electron chi connectivity index (χ4n) is 1.11. The third kappa shape index (κ3) is 3.34. The Bertz CT molecular complexity index is 360. The van der Waals surface area contributed by atoms with Crippen LogP contribution in [0.2, 0.25) is 0 Å². The molecule has 0 atom stereocenters. The van der Waals surface area contributed by atoms with Crippen LogP contribution in [0, 0.1) is 0 Å². The first kappa shape index (κ1) is 12.2. The molecule has 0 saturated heterocycles. The van der Waals surface area contributed by atoms with E-state index < -0.39 is 0 Å². The van der Waals surface area contributed by atoms with Gasteiger partial charge in [-0.15, -0.1) is 0 Å². The van der Waals surface area contributed by atoms with Gasteiger partial charge in [0.15, 0.2) is 0 Å². The van der Waals surface area contributed by atoms with Crippen LogP contribution < -0.4 is 5.32 Å². The smallest absolute Gasteiger partial charge is 0.252 e. The molecule has 1 N–H and O–H groups in total. The van der Waals surface area contributed by atoms with Crippen LogP contribution >= 0.6 is 15.9 Å². The third-order valence-electron chi connectivity index (χ3n) is 2.45. The molecule has 1 rings (SSSR count). The van der Waals surface area contributed by atoms with Gasteiger partial charge < -0.3 is 5.32 Å². The maximum atomic E-state index is 11.9. The molecule has 1 aromatic carbocycles. The van der Waals surface area contributed by atoms with Crippen molar-refractivity contribution in [3.8, 4) is 0 Å². The lowest BCUT2D eigenvalue weighted by atomic mass is 10.0. The molecule has 2 nitrogen and oxygen atoms in total. The lowest BCUT2D eigenvalue weighted by molar-refractivity contribution is 0.0910. The summed E-state index contributed by atoms with van der Waals surface area (Å²) < 4.78 is 0.828. The standard InChI is InChI=1S/C12H16BrNO/c1-4-12(2,3)14-11(15)9-7-5-6-8-10(9)13/h5-8H,4H2,1-3H3,(H,14,15). The highest BCUT2D eigenvalue weighted by Gasteiger charge is 2.19. The lowest BCUT2D eigenvalue weighted by Crippen LogP contribution is -2.42. The van der Waals surface area contributed by atoms with Gasteiger partial charge in [0.1, 0.15) is 0 Å². The predicted molar refractivity (Wildman–Crippen MR) is 66.0 cm³/mol. The Hall–Kier alpha value is -0.830. The molecule has 0 aliphatic rings. The van der Waals surface area contributed by atoms with Crippen molar-refractivity contribution >= 4 is 21.8 Å². The Kier molecular flexibility index (Phi) is 3.91. The predicted octanol–water partition coefficient (Wildman–Crippen LogP) is 3.37. The number of halogens is 1. The molecule has 82 valence electrons. The normalized spacial score (nSPS) is 11.2. The molecule has 3 heteroatoms. The summed E-state index contributed by atoms with van der Waals surface area (Å²) in [5.74, 6) is -0.0330. The van der Waals surface area contributed by atoms with Gasteiger partial charge in [-0.05, 0) is 48.3 Å². The van der Waals surface area contributed by atoms with E-state index in [4.69, 9.17) is 0 Å². The van der Waals surface area contributed by atoms with Crippen molar-refractivity contribution in [2.45, 2.75) is 32.7 Å². The van der Waals surface area contributed by atoms with Crippen molar-refractivity contribution < 1.29 is 4.79 Å². The molecule has 0 bridgehead atoms. The molecule has 0 aromatic heterocycles. The maximum absolute atomic E-state index is 11.9. The van der Waals surface area contributed by atoms with Crippen LogP contribution in [0.15, 0.2) is 28.7 Å². The summed E-state index contributed by atoms with van der Waals surface area (Å²) in [4.78, 5) is 11.9. The second kappa shape index (κ2) is 4.79. The van der Waals surface area contributed by atoms with E-state index in [9.17, 15) is 4.79 Å². The van der Waals surface area contributed by atoms with Gasteiger partial charge in [-0.25, -0.2) is 0 Å². The van der Waals surface area contributed by atoms with Gasteiger partial charge in [-0.2, -0.15) is 0 Å². The highest BCUT2D eigenvalue weighted by molar-refractivity contribution is 9.10. The van der Waals surface area contributed by atoms with Crippen LogP contribution in [0.3, 0.4) is 0 Å². The van der Waals surface area contributed by atoms with Gasteiger partial charge >= 0.3 is 0 Å². The van der Waals surface area contributed by atoms with E-state index in [0.29, 0.717) is 5.56 Å². The zero-order chi connectivity index (χ0) is 11.5. The molecule has 0 fully saturated rings. The molecule has 0 spiro atoms. The highest BCUT2D eigenvalue weighted by Crippen LogP contribution is 2.17. The van der Waals surface area contributed by atoms with Crippen molar-refractivity contribution in [1.29, 1.82) is 0 Å². The molecule has 1 aromatic rings. The van der Waals surface area contributed by atoms with Crippen molar-refractivity contribution in [2.75, 3.05) is 0 Å². The van der Waals surface area contributed by atoms with Crippen LogP contribution in [0.4, 0.5) is 0 Å². The summed E-state index contributed by atoms with van der Waals surface area (Å²) in [6.07, 6.45) is 0.906. The number of benzene rings is 1. The van der Waals surface area contributed by atoms with E-state index in [1.807, 2.05) is 38.1 Å². The number of carbonyl (C=O) groups excluding carboxylic acids is 1. The largest absolute Gasteiger partial charge is 0.347 e. The molecular weight excluding hydrogens is 254 g/mol. The van der Waals surface area contributed by atoms with Gasteiger partial charge in [0.25, 0.3) is 5.91 Å². The van der Waals surface area contributed by atoms with Gasteiger partial charge in [-0.3, -0.25) is 4.79 Å². The highest BCUT2D eigenvalue weighted by atomic mass is 79.9. The average molecular weight is 270 g/mol. The summed E-state index contributed by atoms with van der Waals surface area (Å²) >= 11 is 3.37. The molecule has 0 heterocycles. The van der Waals surface area contributed by atoms with Crippen molar-refractivity contribution in [1.82, 2.24) is 5.32 Å². The van der Waals surface area contributed by atoms with Crippen LogP contribution in [0.5, 0.6) is 0 Å². The van der Waals surface area contributed by atoms with Crippen LogP contribution in [-0.2, 0) is 0 Å². The SMILES string of the molecule is CCC(C)(C)NC(=O)c1ccccc1Br. The summed E-state index contributed by atoms with van der Waals surface area (Å²) in [5.41, 5.74) is 0.519. The summed E-state index contributed by atoms with van der Waals surface area (Å²) in [6, 6.07) is 7.43. The fourth-order valence-corrected chi connectivity index (χ4v) is 1.57. The first-order valence-corrected chi connectivity index (χ1v) is 5.82. The fraction of sp³-hybridized carbons (Fsp3) is 0.417. The first-order valence-electron chi connectivity index (χ1n) is 5.03. The van der Waals surface area contributed by atoms with Crippen LogP contribution in [0.25, 0.3) is 0 Å². The van der Waals surface area contributed by atoms with Gasteiger partial charge in [0.2, 0.25) is 0 Å². The third-order valence-corrected chi connectivity index (χ3v) is 3.15. The zero-order valence-electron chi connectivity index (χ0n) is 9.30. The van der Waals surface area contributed by atoms with Crippen LogP contribution in [-0.4, -0.2) is 11.4 Å². The Morgan fingerprint density at radius 2 is 2.00 bits per heavy atom. The van der Waals surface area contributed by atoms with Crippen molar-refractivity contribution in [3.05, 3.63) is 34.3 Å². The van der Waals surface area contributed by atoms with Gasteiger partial charge in [0.05, 0.1) is 5.56 Å². The minimum atomic E-state index is -0.160. The number of hydrogen-bond acceptors (Lipinski definition) is 1. The van der Waals surface area contributed by atoms with Gasteiger partial charge in [0, 0.05) is 10.0 Å². The van der Waals surface area contributed by atoms with Crippen LogP contribution in [0.1, 0.15) is 37.6 Å². The Labute approximate surface area is 99.2 Å². The maximum Gasteiger partial charge on any atom is 0.252 e. The quantitative estimate of drug-likeness (QED) is 0.896. The lowest BCUT2D eigenvalue weighted by Gasteiger charge is -2.24. The number of rotatable bonds is 3. The Balaban J connectivity index is 2.83. The van der Waals surface area contributed by atoms with E-state index in [0.717, 1.165) is 10.9 Å². The summed E-state index contributed by atoms with van der Waals surface area (Å²) in [7, 11) is 0. The van der Waals surface area contributed by atoms with Crippen molar-refractivity contribution in [2.24, 2.45) is 0 Å². The molecule has 0 aliphatic carbocycles. The van der Waals surface area contributed by atoms with Crippen molar-refractivity contribution in [3.63, 3.8) is 0 Å². The second-order valence-corrected chi connectivity index (χ2v) is 5.03. The minimum absolute atomic E-state index is 0.0330. The van der Waals surface area contributed by atoms with E-state index in [-0.39, 0.29) is 11.4 Å². The number of amides is 1. The Morgan fingerprint density at radius 3 is 2.53 bits per heavy atom. The molecule has 0 aliphatic heterocycles. The summed E-state index contributed by atoms with van der Waals surface area (Å²) in [5, 5.41) is 2.99. The summed E-state index contributed by atoms with van der Waals surface area (Å²) in [6.45, 7) is 6.09. The number of hydrogen-bond donors (Lipinski definition) is 1.